The SMILES string of the molecule is CCOC(=O)CCN1C(=O)C(c2ccc(F)cc2)C1c1ccc(OCc2ccccc2)cc1. The molecule has 0 radical (unpaired) electrons. The van der Waals surface area contributed by atoms with Crippen LogP contribution in [0.15, 0.2) is 78.9 Å². The van der Waals surface area contributed by atoms with Crippen LogP contribution >= 0.6 is 0 Å². The molecule has 6 heteroatoms. The van der Waals surface area contributed by atoms with Crippen molar-refractivity contribution >= 4 is 11.9 Å². The number of likely N-dealkylation sites (tertiary alicyclic amines) is 1. The fourth-order valence-electron chi connectivity index (χ4n) is 4.11. The molecule has 0 N–H and O–H groups in total. The number of carbonyl (C=O) groups excluding carboxylic acids is 2. The Morgan fingerprint density at radius 3 is 2.27 bits per heavy atom. The van der Waals surface area contributed by atoms with Gasteiger partial charge < -0.3 is 14.4 Å². The number of hydrogen-bond donors (Lipinski definition) is 0. The van der Waals surface area contributed by atoms with Gasteiger partial charge in [-0.3, -0.25) is 9.59 Å². The molecule has 1 fully saturated rings. The zero-order valence-corrected chi connectivity index (χ0v) is 18.4. The first-order chi connectivity index (χ1) is 16.1. The van der Waals surface area contributed by atoms with E-state index in [0.717, 1.165) is 22.4 Å². The van der Waals surface area contributed by atoms with Crippen molar-refractivity contribution in [3.63, 3.8) is 0 Å². The van der Waals surface area contributed by atoms with Crippen LogP contribution < -0.4 is 4.74 Å². The molecule has 0 spiro atoms. The molecule has 1 heterocycles. The minimum absolute atomic E-state index is 0.0830. The van der Waals surface area contributed by atoms with Crippen LogP contribution in [0.2, 0.25) is 0 Å². The van der Waals surface area contributed by atoms with E-state index < -0.39 is 5.92 Å². The van der Waals surface area contributed by atoms with Crippen LogP contribution in [-0.4, -0.2) is 29.9 Å². The molecule has 4 rings (SSSR count). The monoisotopic (exact) mass is 447 g/mol. The standard InChI is InChI=1S/C27H26FNO4/c1-2-32-24(30)16-17-29-26(25(27(29)31)20-8-12-22(28)13-9-20)21-10-14-23(15-11-21)33-18-19-6-4-3-5-7-19/h3-15,25-26H,2,16-18H2,1H3. The third-order valence-corrected chi connectivity index (χ3v) is 5.76. The maximum atomic E-state index is 13.4. The predicted molar refractivity (Wildman–Crippen MR) is 122 cm³/mol. The van der Waals surface area contributed by atoms with Crippen molar-refractivity contribution in [1.82, 2.24) is 4.90 Å². The number of rotatable bonds is 9. The van der Waals surface area contributed by atoms with Gasteiger partial charge in [0.2, 0.25) is 5.91 Å². The molecule has 0 aromatic heterocycles. The van der Waals surface area contributed by atoms with Crippen molar-refractivity contribution in [1.29, 1.82) is 0 Å². The zero-order chi connectivity index (χ0) is 23.2. The Balaban J connectivity index is 1.51. The molecular formula is C27H26FNO4. The Morgan fingerprint density at radius 1 is 0.939 bits per heavy atom. The lowest BCUT2D eigenvalue weighted by Crippen LogP contribution is -2.53. The number of amides is 1. The number of hydrogen-bond acceptors (Lipinski definition) is 4. The minimum Gasteiger partial charge on any atom is -0.489 e. The number of ether oxygens (including phenoxy) is 2. The Hall–Kier alpha value is -3.67. The van der Waals surface area contributed by atoms with E-state index in [9.17, 15) is 14.0 Å². The third kappa shape index (κ3) is 5.22. The highest BCUT2D eigenvalue weighted by molar-refractivity contribution is 5.92. The molecule has 0 bridgehead atoms. The normalized spacial score (nSPS) is 17.4. The maximum absolute atomic E-state index is 13.4. The topological polar surface area (TPSA) is 55.8 Å². The summed E-state index contributed by atoms with van der Waals surface area (Å²) in [6, 6.07) is 23.3. The fourth-order valence-corrected chi connectivity index (χ4v) is 4.11. The summed E-state index contributed by atoms with van der Waals surface area (Å²) in [6.07, 6.45) is 0.129. The van der Waals surface area contributed by atoms with E-state index in [0.29, 0.717) is 13.2 Å². The third-order valence-electron chi connectivity index (χ3n) is 5.76. The van der Waals surface area contributed by atoms with Gasteiger partial charge in [0.1, 0.15) is 18.2 Å². The summed E-state index contributed by atoms with van der Waals surface area (Å²) in [5, 5.41) is 0. The number of esters is 1. The maximum Gasteiger partial charge on any atom is 0.307 e. The summed E-state index contributed by atoms with van der Waals surface area (Å²) >= 11 is 0. The van der Waals surface area contributed by atoms with E-state index in [1.54, 1.807) is 24.0 Å². The van der Waals surface area contributed by atoms with Gasteiger partial charge >= 0.3 is 5.97 Å². The molecule has 2 unspecified atom stereocenters. The van der Waals surface area contributed by atoms with Crippen LogP contribution in [0.3, 0.4) is 0 Å². The average molecular weight is 448 g/mol. The van der Waals surface area contributed by atoms with E-state index >= 15 is 0 Å². The molecule has 1 aliphatic rings. The second kappa shape index (κ2) is 10.3. The highest BCUT2D eigenvalue weighted by atomic mass is 19.1. The Morgan fingerprint density at radius 2 is 1.61 bits per heavy atom. The molecule has 0 aliphatic carbocycles. The van der Waals surface area contributed by atoms with E-state index in [2.05, 4.69) is 0 Å². The molecule has 5 nitrogen and oxygen atoms in total. The van der Waals surface area contributed by atoms with Gasteiger partial charge in [0.15, 0.2) is 0 Å². The molecule has 33 heavy (non-hydrogen) atoms. The van der Waals surface area contributed by atoms with Crippen molar-refractivity contribution in [2.45, 2.75) is 31.9 Å². The lowest BCUT2D eigenvalue weighted by molar-refractivity contribution is -0.153. The van der Waals surface area contributed by atoms with Gasteiger partial charge in [-0.2, -0.15) is 0 Å². The number of carbonyl (C=O) groups is 2. The van der Waals surface area contributed by atoms with Crippen molar-refractivity contribution in [3.05, 3.63) is 101 Å². The van der Waals surface area contributed by atoms with E-state index in [4.69, 9.17) is 9.47 Å². The number of benzene rings is 3. The predicted octanol–water partition coefficient (Wildman–Crippen LogP) is 5.03. The first kappa shape index (κ1) is 22.5. The summed E-state index contributed by atoms with van der Waals surface area (Å²) in [5.41, 5.74) is 2.76. The van der Waals surface area contributed by atoms with Gasteiger partial charge in [0.05, 0.1) is 25.0 Å². The van der Waals surface area contributed by atoms with Crippen molar-refractivity contribution in [2.24, 2.45) is 0 Å². The van der Waals surface area contributed by atoms with Crippen molar-refractivity contribution < 1.29 is 23.5 Å². The number of nitrogens with zero attached hydrogens (tertiary/aromatic N) is 1. The van der Waals surface area contributed by atoms with Crippen LogP contribution in [-0.2, 0) is 20.9 Å². The van der Waals surface area contributed by atoms with Gasteiger partial charge in [-0.1, -0.05) is 54.6 Å². The van der Waals surface area contributed by atoms with Crippen molar-refractivity contribution in [2.75, 3.05) is 13.2 Å². The van der Waals surface area contributed by atoms with Crippen LogP contribution in [0.25, 0.3) is 0 Å². The molecular weight excluding hydrogens is 421 g/mol. The second-order valence-electron chi connectivity index (χ2n) is 7.90. The molecule has 170 valence electrons. The van der Waals surface area contributed by atoms with E-state index in [1.165, 1.54) is 12.1 Å². The summed E-state index contributed by atoms with van der Waals surface area (Å²) in [7, 11) is 0. The molecule has 1 aliphatic heterocycles. The van der Waals surface area contributed by atoms with Crippen LogP contribution in [0.5, 0.6) is 5.75 Å². The number of halogens is 1. The molecule has 1 saturated heterocycles. The number of β-lactam (4-membered cyclic amide) rings is 1. The van der Waals surface area contributed by atoms with Gasteiger partial charge in [0.25, 0.3) is 0 Å². The highest BCUT2D eigenvalue weighted by Gasteiger charge is 2.48. The molecule has 3 aromatic carbocycles. The molecule has 2 atom stereocenters. The van der Waals surface area contributed by atoms with Gasteiger partial charge in [0, 0.05) is 6.54 Å². The molecule has 1 amide bonds. The van der Waals surface area contributed by atoms with Crippen LogP contribution in [0.1, 0.15) is 42.0 Å². The lowest BCUT2D eigenvalue weighted by atomic mass is 9.77. The Bertz CT molecular complexity index is 1080. The van der Waals surface area contributed by atoms with Gasteiger partial charge in [-0.05, 0) is 47.9 Å². The first-order valence-electron chi connectivity index (χ1n) is 11.0. The van der Waals surface area contributed by atoms with Gasteiger partial charge in [-0.25, -0.2) is 4.39 Å². The Labute approximate surface area is 192 Å². The first-order valence-corrected chi connectivity index (χ1v) is 11.0. The minimum atomic E-state index is -0.427. The summed E-state index contributed by atoms with van der Waals surface area (Å²) < 4.78 is 24.3. The Kier molecular flexibility index (Phi) is 7.03. The fraction of sp³-hybridized carbons (Fsp3) is 0.259. The summed E-state index contributed by atoms with van der Waals surface area (Å²) in [6.45, 7) is 2.79. The zero-order valence-electron chi connectivity index (χ0n) is 18.4. The summed E-state index contributed by atoms with van der Waals surface area (Å²) in [4.78, 5) is 26.5. The van der Waals surface area contributed by atoms with Crippen LogP contribution in [0.4, 0.5) is 4.39 Å². The van der Waals surface area contributed by atoms with E-state index in [1.807, 2.05) is 54.6 Å². The highest BCUT2D eigenvalue weighted by Crippen LogP contribution is 2.46. The van der Waals surface area contributed by atoms with E-state index in [-0.39, 0.29) is 36.7 Å². The smallest absolute Gasteiger partial charge is 0.307 e. The second-order valence-corrected chi connectivity index (χ2v) is 7.90. The van der Waals surface area contributed by atoms with Gasteiger partial charge in [-0.15, -0.1) is 0 Å². The quantitative estimate of drug-likeness (QED) is 0.341. The average Bonchev–Trinajstić information content (AvgIpc) is 2.83. The lowest BCUT2D eigenvalue weighted by Gasteiger charge is -2.47. The molecule has 0 saturated carbocycles. The van der Waals surface area contributed by atoms with Crippen molar-refractivity contribution in [3.8, 4) is 5.75 Å². The molecule has 3 aromatic rings. The largest absolute Gasteiger partial charge is 0.489 e. The van der Waals surface area contributed by atoms with Crippen LogP contribution in [0, 0.1) is 5.82 Å². The summed E-state index contributed by atoms with van der Waals surface area (Å²) in [5.74, 6) is -0.464.